The Bertz CT molecular complexity index is 371. The van der Waals surface area contributed by atoms with E-state index >= 15 is 0 Å². The van der Waals surface area contributed by atoms with Gasteiger partial charge >= 0.3 is 0 Å². The second-order valence-electron chi connectivity index (χ2n) is 3.47. The summed E-state index contributed by atoms with van der Waals surface area (Å²) in [6.07, 6.45) is 0.925. The van der Waals surface area contributed by atoms with Gasteiger partial charge < -0.3 is 20.6 Å². The first-order valence-electron chi connectivity index (χ1n) is 5.09. The SMILES string of the molecule is O=C(NCCC[SiH3])c1cc(O)c(O)c(O)c1. The molecule has 4 N–H and O–H groups in total. The molecule has 0 atom stereocenters. The van der Waals surface area contributed by atoms with E-state index in [9.17, 15) is 15.0 Å². The predicted molar refractivity (Wildman–Crippen MR) is 63.1 cm³/mol. The molecule has 16 heavy (non-hydrogen) atoms. The molecule has 0 spiro atoms. The van der Waals surface area contributed by atoms with Crippen molar-refractivity contribution in [2.45, 2.75) is 12.5 Å². The van der Waals surface area contributed by atoms with Crippen molar-refractivity contribution in [3.8, 4) is 17.2 Å². The molecule has 1 amide bonds. The number of amides is 1. The van der Waals surface area contributed by atoms with E-state index in [2.05, 4.69) is 5.32 Å². The van der Waals surface area contributed by atoms with E-state index in [-0.39, 0.29) is 11.5 Å². The van der Waals surface area contributed by atoms with Crippen molar-refractivity contribution in [2.75, 3.05) is 6.54 Å². The Kier molecular flexibility index (Phi) is 4.18. The number of carbonyl (C=O) groups excluding carboxylic acids is 1. The minimum atomic E-state index is -0.615. The molecule has 0 unspecified atom stereocenters. The largest absolute Gasteiger partial charge is 0.504 e. The van der Waals surface area contributed by atoms with Gasteiger partial charge in [-0.3, -0.25) is 4.79 Å². The van der Waals surface area contributed by atoms with E-state index in [1.165, 1.54) is 0 Å². The van der Waals surface area contributed by atoms with Gasteiger partial charge in [-0.25, -0.2) is 0 Å². The van der Waals surface area contributed by atoms with E-state index < -0.39 is 17.2 Å². The summed E-state index contributed by atoms with van der Waals surface area (Å²) in [5.41, 5.74) is 0.126. The van der Waals surface area contributed by atoms with Crippen LogP contribution in [0.15, 0.2) is 12.1 Å². The zero-order valence-electron chi connectivity index (χ0n) is 9.03. The van der Waals surface area contributed by atoms with Gasteiger partial charge in [0.05, 0.1) is 0 Å². The van der Waals surface area contributed by atoms with Crippen LogP contribution in [0.2, 0.25) is 6.04 Å². The van der Waals surface area contributed by atoms with Crippen LogP contribution in [-0.2, 0) is 0 Å². The highest BCUT2D eigenvalue weighted by atomic mass is 28.1. The maximum absolute atomic E-state index is 11.5. The number of benzene rings is 1. The average Bonchev–Trinajstić information content (AvgIpc) is 2.25. The van der Waals surface area contributed by atoms with Crippen LogP contribution >= 0.6 is 0 Å². The smallest absolute Gasteiger partial charge is 0.251 e. The number of rotatable bonds is 4. The van der Waals surface area contributed by atoms with Crippen LogP contribution in [0, 0.1) is 0 Å². The molecule has 0 aliphatic rings. The van der Waals surface area contributed by atoms with Crippen molar-refractivity contribution >= 4 is 16.1 Å². The topological polar surface area (TPSA) is 89.8 Å². The second-order valence-corrected chi connectivity index (χ2v) is 4.47. The molecule has 0 bridgehead atoms. The van der Waals surface area contributed by atoms with Gasteiger partial charge in [-0.05, 0) is 18.6 Å². The van der Waals surface area contributed by atoms with Crippen LogP contribution in [0.1, 0.15) is 16.8 Å². The van der Waals surface area contributed by atoms with Gasteiger partial charge in [-0.1, -0.05) is 6.04 Å². The number of nitrogens with one attached hydrogen (secondary N) is 1. The first-order chi connectivity index (χ1) is 7.56. The van der Waals surface area contributed by atoms with Gasteiger partial charge in [0.2, 0.25) is 0 Å². The fraction of sp³-hybridized carbons (Fsp3) is 0.300. The molecular formula is C10H15NO4Si. The number of hydrogen-bond acceptors (Lipinski definition) is 4. The molecule has 0 aromatic heterocycles. The van der Waals surface area contributed by atoms with E-state index in [1.54, 1.807) is 0 Å². The predicted octanol–water partition coefficient (Wildman–Crippen LogP) is -0.293. The summed E-state index contributed by atoms with van der Waals surface area (Å²) in [4.78, 5) is 11.5. The molecule has 1 aromatic carbocycles. The van der Waals surface area contributed by atoms with Crippen molar-refractivity contribution in [2.24, 2.45) is 0 Å². The van der Waals surface area contributed by atoms with Crippen molar-refractivity contribution in [1.82, 2.24) is 5.32 Å². The summed E-state index contributed by atoms with van der Waals surface area (Å²) < 4.78 is 0. The Morgan fingerprint density at radius 3 is 2.31 bits per heavy atom. The van der Waals surface area contributed by atoms with Crippen LogP contribution in [0.5, 0.6) is 17.2 Å². The van der Waals surface area contributed by atoms with E-state index in [0.29, 0.717) is 6.54 Å². The summed E-state index contributed by atoms with van der Waals surface area (Å²) in [6, 6.07) is 3.34. The summed E-state index contributed by atoms with van der Waals surface area (Å²) in [7, 11) is 1.10. The van der Waals surface area contributed by atoms with Gasteiger partial charge in [-0.15, -0.1) is 0 Å². The Hall–Kier alpha value is -1.69. The second kappa shape index (κ2) is 5.41. The average molecular weight is 241 g/mol. The quantitative estimate of drug-likeness (QED) is 0.331. The molecule has 1 aromatic rings. The van der Waals surface area contributed by atoms with Crippen molar-refractivity contribution in [1.29, 1.82) is 0 Å². The lowest BCUT2D eigenvalue weighted by Crippen LogP contribution is -2.24. The highest BCUT2D eigenvalue weighted by Gasteiger charge is 2.12. The number of phenolic OH excluding ortho intramolecular Hbond substituents is 3. The van der Waals surface area contributed by atoms with E-state index in [1.807, 2.05) is 0 Å². The third-order valence-electron chi connectivity index (χ3n) is 2.15. The van der Waals surface area contributed by atoms with Crippen LogP contribution in [0.3, 0.4) is 0 Å². The Morgan fingerprint density at radius 2 is 1.81 bits per heavy atom. The van der Waals surface area contributed by atoms with E-state index in [4.69, 9.17) is 5.11 Å². The van der Waals surface area contributed by atoms with Crippen LogP contribution < -0.4 is 5.32 Å². The zero-order chi connectivity index (χ0) is 12.1. The summed E-state index contributed by atoms with van der Waals surface area (Å²) in [6.45, 7) is 0.574. The zero-order valence-corrected chi connectivity index (χ0v) is 11.0. The first kappa shape index (κ1) is 12.4. The molecule has 0 radical (unpaired) electrons. The van der Waals surface area contributed by atoms with Crippen molar-refractivity contribution in [3.05, 3.63) is 17.7 Å². The number of hydrogen-bond donors (Lipinski definition) is 4. The fourth-order valence-electron chi connectivity index (χ4n) is 1.22. The highest BCUT2D eigenvalue weighted by Crippen LogP contribution is 2.35. The molecule has 0 saturated carbocycles. The molecular weight excluding hydrogens is 226 g/mol. The number of aromatic hydroxyl groups is 3. The fourth-order valence-corrected chi connectivity index (χ4v) is 1.57. The maximum Gasteiger partial charge on any atom is 0.251 e. The molecule has 0 aliphatic heterocycles. The third-order valence-corrected chi connectivity index (χ3v) is 2.85. The van der Waals surface area contributed by atoms with E-state index in [0.717, 1.165) is 34.8 Å². The highest BCUT2D eigenvalue weighted by molar-refractivity contribution is 6.08. The Labute approximate surface area is 96.2 Å². The minimum absolute atomic E-state index is 0.126. The normalized spacial score (nSPS) is 10.2. The maximum atomic E-state index is 11.5. The van der Waals surface area contributed by atoms with Crippen molar-refractivity contribution < 1.29 is 20.1 Å². The van der Waals surface area contributed by atoms with Gasteiger partial charge in [0.25, 0.3) is 5.91 Å². The van der Waals surface area contributed by atoms with Crippen molar-refractivity contribution in [3.63, 3.8) is 0 Å². The van der Waals surface area contributed by atoms with Crippen LogP contribution in [-0.4, -0.2) is 38.0 Å². The molecule has 5 nitrogen and oxygen atoms in total. The van der Waals surface area contributed by atoms with Gasteiger partial charge in [0.1, 0.15) is 0 Å². The molecule has 88 valence electrons. The molecule has 0 aliphatic carbocycles. The lowest BCUT2D eigenvalue weighted by molar-refractivity contribution is 0.0953. The number of carbonyl (C=O) groups is 1. The molecule has 6 heteroatoms. The molecule has 0 heterocycles. The summed E-state index contributed by atoms with van der Waals surface area (Å²) >= 11 is 0. The molecule has 0 fully saturated rings. The summed E-state index contributed by atoms with van der Waals surface area (Å²) in [5.74, 6) is -2.00. The lowest BCUT2D eigenvalue weighted by atomic mass is 10.1. The Balaban J connectivity index is 2.76. The van der Waals surface area contributed by atoms with Crippen LogP contribution in [0.25, 0.3) is 0 Å². The Morgan fingerprint density at radius 1 is 1.25 bits per heavy atom. The monoisotopic (exact) mass is 241 g/mol. The first-order valence-corrected chi connectivity index (χ1v) is 6.50. The minimum Gasteiger partial charge on any atom is -0.504 e. The third kappa shape index (κ3) is 2.90. The lowest BCUT2D eigenvalue weighted by Gasteiger charge is -2.06. The summed E-state index contributed by atoms with van der Waals surface area (Å²) in [5, 5.41) is 30.2. The molecule has 1 rings (SSSR count). The van der Waals surface area contributed by atoms with Crippen LogP contribution in [0.4, 0.5) is 0 Å². The number of phenols is 3. The van der Waals surface area contributed by atoms with Gasteiger partial charge in [0.15, 0.2) is 17.2 Å². The standard InChI is InChI=1S/C10H15NO4Si/c12-7-4-6(5-8(13)9(7)14)10(15)11-2-1-3-16/h4-5,12-14H,1-3H2,16H3,(H,11,15). The van der Waals surface area contributed by atoms with Gasteiger partial charge in [0, 0.05) is 22.4 Å². The molecule has 0 saturated heterocycles. The van der Waals surface area contributed by atoms with Gasteiger partial charge in [-0.2, -0.15) is 0 Å².